The molecule has 7 nitrogen and oxygen atoms in total. The van der Waals surface area contributed by atoms with Crippen LogP contribution in [-0.2, 0) is 0 Å². The maximum absolute atomic E-state index is 8.83. The molecule has 1 aliphatic rings. The number of fused-ring (bicyclic) bond motifs is 1. The molecule has 2 heterocycles. The average Bonchev–Trinajstić information content (AvgIpc) is 2.73. The second kappa shape index (κ2) is 3.85. The van der Waals surface area contributed by atoms with Crippen molar-refractivity contribution in [2.75, 3.05) is 18.9 Å². The number of aromatic nitrogens is 2. The highest BCUT2D eigenvalue weighted by atomic mass is 16.5. The van der Waals surface area contributed by atoms with Crippen molar-refractivity contribution >= 4 is 11.5 Å². The molecule has 0 fully saturated rings. The Balaban J connectivity index is 2.29. The number of anilines is 1. The lowest BCUT2D eigenvalue weighted by molar-refractivity contribution is 0.253. The van der Waals surface area contributed by atoms with Crippen LogP contribution >= 0.6 is 0 Å². The third-order valence-electron chi connectivity index (χ3n) is 2.12. The van der Waals surface area contributed by atoms with Crippen molar-refractivity contribution in [3.63, 3.8) is 0 Å². The van der Waals surface area contributed by atoms with E-state index in [1.165, 1.54) is 0 Å². The molecule has 3 N–H and O–H groups in total. The zero-order valence-electron chi connectivity index (χ0n) is 8.42. The Kier molecular flexibility index (Phi) is 2.55. The molecule has 1 unspecified atom stereocenters. The van der Waals surface area contributed by atoms with Crippen LogP contribution in [0.2, 0.25) is 0 Å². The van der Waals surface area contributed by atoms with Gasteiger partial charge in [-0.05, 0) is 6.92 Å². The van der Waals surface area contributed by atoms with E-state index >= 15 is 0 Å². The quantitative estimate of drug-likeness (QED) is 0.771. The van der Waals surface area contributed by atoms with E-state index in [4.69, 9.17) is 15.6 Å². The summed E-state index contributed by atoms with van der Waals surface area (Å²) in [4.78, 5) is 0. The minimum atomic E-state index is -0.262. The zero-order valence-corrected chi connectivity index (χ0v) is 8.42. The van der Waals surface area contributed by atoms with Crippen LogP contribution in [0.25, 0.3) is 0 Å². The third-order valence-corrected chi connectivity index (χ3v) is 2.12. The first-order chi connectivity index (χ1) is 7.27. The minimum Gasteiger partial charge on any atom is -0.475 e. The highest BCUT2D eigenvalue weighted by molar-refractivity contribution is 5.65. The molecule has 1 atom stereocenters. The predicted molar refractivity (Wildman–Crippen MR) is 53.1 cm³/mol. The second-order valence-corrected chi connectivity index (χ2v) is 3.13. The molecule has 7 heteroatoms. The molecule has 2 rings (SSSR count). The standard InChI is InChI=1S/C8H13N5O2/c1-2-15-8-6(9)7-11-10-5(3-4-14)13(7)12-8/h5,14H,2-4,9H2,1H3. The van der Waals surface area contributed by atoms with E-state index in [0.717, 1.165) is 0 Å². The number of nitrogens with two attached hydrogens (primary N) is 1. The summed E-state index contributed by atoms with van der Waals surface area (Å²) in [5.41, 5.74) is 6.18. The van der Waals surface area contributed by atoms with Crippen LogP contribution in [0.1, 0.15) is 19.5 Å². The number of aliphatic hydroxyl groups is 1. The summed E-state index contributed by atoms with van der Waals surface area (Å²) >= 11 is 0. The lowest BCUT2D eigenvalue weighted by Gasteiger charge is -2.04. The van der Waals surface area contributed by atoms with Crippen LogP contribution in [0.15, 0.2) is 10.2 Å². The number of hydrogen-bond acceptors (Lipinski definition) is 6. The molecule has 1 aliphatic heterocycles. The molecule has 1 aromatic heterocycles. The molecule has 0 aromatic carbocycles. The fourth-order valence-electron chi connectivity index (χ4n) is 1.43. The Bertz CT molecular complexity index is 387. The Hall–Kier alpha value is -1.63. The number of nitrogen functional groups attached to an aromatic ring is 1. The predicted octanol–water partition coefficient (Wildman–Crippen LogP) is 0.842. The molecular formula is C8H13N5O2. The van der Waals surface area contributed by atoms with Crippen LogP contribution in [0.5, 0.6) is 5.88 Å². The zero-order chi connectivity index (χ0) is 10.8. The number of hydrogen-bond donors (Lipinski definition) is 2. The van der Waals surface area contributed by atoms with E-state index in [2.05, 4.69) is 15.3 Å². The molecule has 1 aromatic rings. The van der Waals surface area contributed by atoms with Gasteiger partial charge in [-0.25, -0.2) is 4.68 Å². The molecular weight excluding hydrogens is 198 g/mol. The highest BCUT2D eigenvalue weighted by Gasteiger charge is 2.26. The van der Waals surface area contributed by atoms with E-state index in [-0.39, 0.29) is 12.8 Å². The molecule has 0 saturated heterocycles. The van der Waals surface area contributed by atoms with Crippen molar-refractivity contribution in [1.82, 2.24) is 9.78 Å². The summed E-state index contributed by atoms with van der Waals surface area (Å²) in [5.74, 6) is 0.894. The van der Waals surface area contributed by atoms with E-state index in [1.807, 2.05) is 6.92 Å². The number of azo groups is 1. The normalized spacial score (nSPS) is 18.1. The summed E-state index contributed by atoms with van der Waals surface area (Å²) in [6.45, 7) is 2.39. The maximum Gasteiger partial charge on any atom is 0.258 e. The van der Waals surface area contributed by atoms with Crippen LogP contribution in [0.3, 0.4) is 0 Å². The smallest absolute Gasteiger partial charge is 0.258 e. The minimum absolute atomic E-state index is 0.0346. The molecule has 0 saturated carbocycles. The summed E-state index contributed by atoms with van der Waals surface area (Å²) in [6.07, 6.45) is 0.213. The number of aliphatic hydroxyl groups excluding tert-OH is 1. The van der Waals surface area contributed by atoms with Gasteiger partial charge < -0.3 is 15.6 Å². The Morgan fingerprint density at radius 1 is 1.60 bits per heavy atom. The molecule has 15 heavy (non-hydrogen) atoms. The van der Waals surface area contributed by atoms with E-state index < -0.39 is 0 Å². The Morgan fingerprint density at radius 2 is 2.40 bits per heavy atom. The van der Waals surface area contributed by atoms with Gasteiger partial charge >= 0.3 is 0 Å². The van der Waals surface area contributed by atoms with Crippen molar-refractivity contribution in [3.05, 3.63) is 0 Å². The highest BCUT2D eigenvalue weighted by Crippen LogP contribution is 2.39. The van der Waals surface area contributed by atoms with Gasteiger partial charge in [0, 0.05) is 13.0 Å². The molecule has 0 amide bonds. The topological polar surface area (TPSA) is 98.0 Å². The van der Waals surface area contributed by atoms with Gasteiger partial charge in [0.05, 0.1) is 6.61 Å². The average molecular weight is 211 g/mol. The Labute approximate surface area is 86.6 Å². The lowest BCUT2D eigenvalue weighted by atomic mass is 10.4. The summed E-state index contributed by atoms with van der Waals surface area (Å²) in [7, 11) is 0. The molecule has 82 valence electrons. The molecule has 0 aliphatic carbocycles. The van der Waals surface area contributed by atoms with Gasteiger partial charge in [0.1, 0.15) is 5.69 Å². The van der Waals surface area contributed by atoms with E-state index in [9.17, 15) is 0 Å². The van der Waals surface area contributed by atoms with Crippen LogP contribution in [-0.4, -0.2) is 28.1 Å². The summed E-state index contributed by atoms with van der Waals surface area (Å²) in [6, 6.07) is 0. The van der Waals surface area contributed by atoms with Gasteiger partial charge in [0.25, 0.3) is 5.88 Å². The van der Waals surface area contributed by atoms with Crippen molar-refractivity contribution in [2.24, 2.45) is 10.2 Å². The van der Waals surface area contributed by atoms with Gasteiger partial charge in [-0.1, -0.05) is 0 Å². The van der Waals surface area contributed by atoms with Gasteiger partial charge in [0.2, 0.25) is 5.82 Å². The maximum atomic E-state index is 8.83. The third kappa shape index (κ3) is 1.54. The van der Waals surface area contributed by atoms with Gasteiger partial charge in [-0.15, -0.1) is 10.2 Å². The number of nitrogens with zero attached hydrogens (tertiary/aromatic N) is 4. The summed E-state index contributed by atoms with van der Waals surface area (Å²) in [5, 5.41) is 20.8. The van der Waals surface area contributed by atoms with Gasteiger partial charge in [0.15, 0.2) is 6.17 Å². The van der Waals surface area contributed by atoms with Crippen molar-refractivity contribution in [2.45, 2.75) is 19.5 Å². The molecule has 0 bridgehead atoms. The fourth-order valence-corrected chi connectivity index (χ4v) is 1.43. The number of ether oxygens (including phenoxy) is 1. The van der Waals surface area contributed by atoms with E-state index in [0.29, 0.717) is 30.4 Å². The first kappa shape index (κ1) is 9.91. The first-order valence-electron chi connectivity index (χ1n) is 4.80. The number of rotatable bonds is 4. The SMILES string of the molecule is CCOc1nn2c(c1N)N=NC2CCO. The van der Waals surface area contributed by atoms with Gasteiger partial charge in [-0.3, -0.25) is 0 Å². The molecule has 0 radical (unpaired) electrons. The van der Waals surface area contributed by atoms with Gasteiger partial charge in [-0.2, -0.15) is 5.11 Å². The van der Waals surface area contributed by atoms with Crippen LogP contribution < -0.4 is 10.5 Å². The van der Waals surface area contributed by atoms with E-state index in [1.54, 1.807) is 4.68 Å². The second-order valence-electron chi connectivity index (χ2n) is 3.13. The van der Waals surface area contributed by atoms with Crippen molar-refractivity contribution in [1.29, 1.82) is 0 Å². The van der Waals surface area contributed by atoms with Crippen molar-refractivity contribution < 1.29 is 9.84 Å². The van der Waals surface area contributed by atoms with Crippen molar-refractivity contribution in [3.8, 4) is 5.88 Å². The first-order valence-corrected chi connectivity index (χ1v) is 4.80. The molecule has 0 spiro atoms. The van der Waals surface area contributed by atoms with Crippen LogP contribution in [0, 0.1) is 0 Å². The summed E-state index contributed by atoms with van der Waals surface area (Å²) < 4.78 is 6.82. The monoisotopic (exact) mass is 211 g/mol. The fraction of sp³-hybridized carbons (Fsp3) is 0.625. The lowest BCUT2D eigenvalue weighted by Crippen LogP contribution is -2.06. The Morgan fingerprint density at radius 3 is 3.07 bits per heavy atom. The van der Waals surface area contributed by atoms with Crippen LogP contribution in [0.4, 0.5) is 11.5 Å². The largest absolute Gasteiger partial charge is 0.475 e.